The van der Waals surface area contributed by atoms with Gasteiger partial charge in [-0.1, -0.05) is 42.8 Å². The summed E-state index contributed by atoms with van der Waals surface area (Å²) in [6, 6.07) is 7.88. The molecule has 2 N–H and O–H groups in total. The highest BCUT2D eigenvalue weighted by molar-refractivity contribution is 6.31. The van der Waals surface area contributed by atoms with Gasteiger partial charge in [0.15, 0.2) is 0 Å². The number of hydrogen-bond acceptors (Lipinski definition) is 2. The highest BCUT2D eigenvalue weighted by Crippen LogP contribution is 2.28. The van der Waals surface area contributed by atoms with E-state index in [0.29, 0.717) is 5.02 Å². The van der Waals surface area contributed by atoms with Crippen LogP contribution in [-0.2, 0) is 6.54 Å². The zero-order valence-corrected chi connectivity index (χ0v) is 11.5. The number of halogens is 1. The molecular formula is C14H18ClN3. The number of aryl methyl sites for hydroxylation is 2. The minimum atomic E-state index is -0.229. The van der Waals surface area contributed by atoms with Crippen LogP contribution in [0.25, 0.3) is 0 Å². The minimum Gasteiger partial charge on any atom is -0.319 e. The van der Waals surface area contributed by atoms with Crippen molar-refractivity contribution in [2.75, 3.05) is 0 Å². The SMILES string of the molecule is CCCn1ncc(Cl)c1C(N)c1ccccc1C. The van der Waals surface area contributed by atoms with E-state index in [1.807, 2.05) is 22.9 Å². The third-order valence-electron chi connectivity index (χ3n) is 3.09. The van der Waals surface area contributed by atoms with Crippen molar-refractivity contribution in [2.24, 2.45) is 5.73 Å². The van der Waals surface area contributed by atoms with Crippen molar-refractivity contribution in [2.45, 2.75) is 32.9 Å². The van der Waals surface area contributed by atoms with E-state index < -0.39 is 0 Å². The second-order valence-electron chi connectivity index (χ2n) is 4.44. The van der Waals surface area contributed by atoms with E-state index >= 15 is 0 Å². The van der Waals surface area contributed by atoms with Gasteiger partial charge in [0.2, 0.25) is 0 Å². The number of nitrogens with two attached hydrogens (primary N) is 1. The van der Waals surface area contributed by atoms with Gasteiger partial charge in [-0.05, 0) is 24.5 Å². The summed E-state index contributed by atoms with van der Waals surface area (Å²) >= 11 is 6.21. The molecule has 2 aromatic rings. The van der Waals surface area contributed by atoms with Crippen molar-refractivity contribution in [1.82, 2.24) is 9.78 Å². The largest absolute Gasteiger partial charge is 0.319 e. The third kappa shape index (κ3) is 2.42. The van der Waals surface area contributed by atoms with Gasteiger partial charge < -0.3 is 5.73 Å². The maximum absolute atomic E-state index is 6.35. The van der Waals surface area contributed by atoms with Gasteiger partial charge in [-0.15, -0.1) is 0 Å². The van der Waals surface area contributed by atoms with Crippen LogP contribution in [0.4, 0.5) is 0 Å². The zero-order chi connectivity index (χ0) is 13.1. The van der Waals surface area contributed by atoms with Gasteiger partial charge in [0.05, 0.1) is 23.0 Å². The first-order valence-electron chi connectivity index (χ1n) is 6.17. The molecule has 1 aromatic heterocycles. The summed E-state index contributed by atoms with van der Waals surface area (Å²) in [6.45, 7) is 5.00. The fourth-order valence-electron chi connectivity index (χ4n) is 2.15. The molecule has 0 bridgehead atoms. The normalized spacial score (nSPS) is 12.7. The topological polar surface area (TPSA) is 43.8 Å². The molecule has 0 amide bonds. The van der Waals surface area contributed by atoms with Gasteiger partial charge in [-0.3, -0.25) is 4.68 Å². The maximum atomic E-state index is 6.35. The lowest BCUT2D eigenvalue weighted by Crippen LogP contribution is -2.19. The second-order valence-corrected chi connectivity index (χ2v) is 4.84. The zero-order valence-electron chi connectivity index (χ0n) is 10.7. The van der Waals surface area contributed by atoms with Gasteiger partial charge in [-0.25, -0.2) is 0 Å². The Labute approximate surface area is 113 Å². The Bertz CT molecular complexity index is 534. The van der Waals surface area contributed by atoms with Crippen molar-refractivity contribution in [1.29, 1.82) is 0 Å². The van der Waals surface area contributed by atoms with Crippen LogP contribution in [-0.4, -0.2) is 9.78 Å². The van der Waals surface area contributed by atoms with Gasteiger partial charge in [0.25, 0.3) is 0 Å². The first-order chi connectivity index (χ1) is 8.65. The molecule has 0 aliphatic carbocycles. The van der Waals surface area contributed by atoms with E-state index in [-0.39, 0.29) is 6.04 Å². The molecule has 0 saturated carbocycles. The van der Waals surface area contributed by atoms with Crippen LogP contribution in [0.15, 0.2) is 30.5 Å². The molecule has 0 aliphatic heterocycles. The molecular weight excluding hydrogens is 246 g/mol. The molecule has 0 saturated heterocycles. The van der Waals surface area contributed by atoms with Crippen LogP contribution in [0.5, 0.6) is 0 Å². The Balaban J connectivity index is 2.42. The maximum Gasteiger partial charge on any atom is 0.0837 e. The lowest BCUT2D eigenvalue weighted by atomic mass is 9.99. The quantitative estimate of drug-likeness (QED) is 0.920. The van der Waals surface area contributed by atoms with Crippen LogP contribution in [0, 0.1) is 6.92 Å². The molecule has 0 radical (unpaired) electrons. The first-order valence-corrected chi connectivity index (χ1v) is 6.55. The summed E-state index contributed by atoms with van der Waals surface area (Å²) in [6.07, 6.45) is 2.68. The number of nitrogens with zero attached hydrogens (tertiary/aromatic N) is 2. The third-order valence-corrected chi connectivity index (χ3v) is 3.38. The molecule has 1 atom stereocenters. The summed E-state index contributed by atoms with van der Waals surface area (Å²) in [5.74, 6) is 0. The van der Waals surface area contributed by atoms with Crippen molar-refractivity contribution < 1.29 is 0 Å². The fourth-order valence-corrected chi connectivity index (χ4v) is 2.41. The molecule has 1 aromatic carbocycles. The Morgan fingerprint density at radius 2 is 2.11 bits per heavy atom. The van der Waals surface area contributed by atoms with E-state index in [0.717, 1.165) is 24.2 Å². The summed E-state index contributed by atoms with van der Waals surface area (Å²) in [5.41, 5.74) is 9.51. The van der Waals surface area contributed by atoms with Crippen LogP contribution < -0.4 is 5.73 Å². The number of benzene rings is 1. The second kappa shape index (κ2) is 5.55. The molecule has 1 unspecified atom stereocenters. The molecule has 0 spiro atoms. The van der Waals surface area contributed by atoms with E-state index in [1.165, 1.54) is 5.56 Å². The molecule has 2 rings (SSSR count). The number of rotatable bonds is 4. The van der Waals surface area contributed by atoms with Crippen LogP contribution >= 0.6 is 11.6 Å². The monoisotopic (exact) mass is 263 g/mol. The lowest BCUT2D eigenvalue weighted by molar-refractivity contribution is 0.559. The molecule has 96 valence electrons. The van der Waals surface area contributed by atoms with Gasteiger partial charge in [-0.2, -0.15) is 5.10 Å². The fraction of sp³-hybridized carbons (Fsp3) is 0.357. The van der Waals surface area contributed by atoms with Crippen molar-refractivity contribution in [3.63, 3.8) is 0 Å². The van der Waals surface area contributed by atoms with E-state index in [4.69, 9.17) is 17.3 Å². The average Bonchev–Trinajstić information content (AvgIpc) is 2.71. The van der Waals surface area contributed by atoms with E-state index in [1.54, 1.807) is 6.20 Å². The van der Waals surface area contributed by atoms with Crippen molar-refractivity contribution in [3.05, 3.63) is 52.3 Å². The summed E-state index contributed by atoms with van der Waals surface area (Å²) in [7, 11) is 0. The molecule has 18 heavy (non-hydrogen) atoms. The number of hydrogen-bond donors (Lipinski definition) is 1. The number of aromatic nitrogens is 2. The molecule has 0 fully saturated rings. The van der Waals surface area contributed by atoms with E-state index in [9.17, 15) is 0 Å². The lowest BCUT2D eigenvalue weighted by Gasteiger charge is -2.17. The Hall–Kier alpha value is -1.32. The summed E-state index contributed by atoms with van der Waals surface area (Å²) in [5, 5.41) is 4.92. The van der Waals surface area contributed by atoms with Crippen LogP contribution in [0.3, 0.4) is 0 Å². The average molecular weight is 264 g/mol. The minimum absolute atomic E-state index is 0.229. The van der Waals surface area contributed by atoms with Crippen molar-refractivity contribution in [3.8, 4) is 0 Å². The van der Waals surface area contributed by atoms with Crippen LogP contribution in [0.2, 0.25) is 5.02 Å². The summed E-state index contributed by atoms with van der Waals surface area (Å²) in [4.78, 5) is 0. The van der Waals surface area contributed by atoms with Gasteiger partial charge in [0.1, 0.15) is 0 Å². The highest BCUT2D eigenvalue weighted by Gasteiger charge is 2.19. The molecule has 4 heteroatoms. The smallest absolute Gasteiger partial charge is 0.0837 e. The Kier molecular flexibility index (Phi) is 4.04. The Morgan fingerprint density at radius 1 is 1.39 bits per heavy atom. The molecule has 1 heterocycles. The van der Waals surface area contributed by atoms with Crippen molar-refractivity contribution >= 4 is 11.6 Å². The predicted octanol–water partition coefficient (Wildman–Crippen LogP) is 3.30. The van der Waals surface area contributed by atoms with Crippen LogP contribution in [0.1, 0.15) is 36.2 Å². The van der Waals surface area contributed by atoms with E-state index in [2.05, 4.69) is 25.0 Å². The Morgan fingerprint density at radius 3 is 2.78 bits per heavy atom. The standard InChI is InChI=1S/C14H18ClN3/c1-3-8-18-14(12(15)9-17-18)13(16)11-7-5-4-6-10(11)2/h4-7,9,13H,3,8,16H2,1-2H3. The molecule has 3 nitrogen and oxygen atoms in total. The molecule has 0 aliphatic rings. The van der Waals surface area contributed by atoms with Gasteiger partial charge >= 0.3 is 0 Å². The first kappa shape index (κ1) is 13.1. The van der Waals surface area contributed by atoms with Gasteiger partial charge in [0, 0.05) is 6.54 Å². The summed E-state index contributed by atoms with van der Waals surface area (Å²) < 4.78 is 1.90. The predicted molar refractivity (Wildman–Crippen MR) is 74.7 cm³/mol. The highest BCUT2D eigenvalue weighted by atomic mass is 35.5.